The molecular weight excluding hydrogens is 469 g/mol. The van der Waals surface area contributed by atoms with Crippen LogP contribution in [-0.2, 0) is 9.59 Å². The summed E-state index contributed by atoms with van der Waals surface area (Å²) < 4.78 is 0. The van der Waals surface area contributed by atoms with Gasteiger partial charge in [0.05, 0.1) is 39.0 Å². The number of benzene rings is 1. The molecule has 2 aliphatic heterocycles. The monoisotopic (exact) mass is 489 g/mol. The lowest BCUT2D eigenvalue weighted by atomic mass is 9.97. The summed E-state index contributed by atoms with van der Waals surface area (Å²) >= 11 is 11.9. The van der Waals surface area contributed by atoms with Crippen molar-refractivity contribution in [2.45, 2.75) is 25.8 Å². The standard InChI is InChI=1S/C22H21Cl2N5O4/c1-11(29-21(32)14-7-16(23)17(24)8-15(14)22(29)33)20(31)27-13-4-5-18(26-9-13)28-6-2-3-12(10-28)19(25)30/h4-5,7-9,11-12H,2-3,6,10H2,1H3,(H2,25,30)(H,27,31). The van der Waals surface area contributed by atoms with Gasteiger partial charge in [-0.15, -0.1) is 0 Å². The fourth-order valence-corrected chi connectivity index (χ4v) is 4.36. The van der Waals surface area contributed by atoms with Gasteiger partial charge in [-0.25, -0.2) is 4.98 Å². The largest absolute Gasteiger partial charge is 0.369 e. The second kappa shape index (κ2) is 8.99. The van der Waals surface area contributed by atoms with Crippen LogP contribution in [0.4, 0.5) is 11.5 Å². The number of nitrogens with one attached hydrogen (secondary N) is 1. The van der Waals surface area contributed by atoms with E-state index in [-0.39, 0.29) is 33.0 Å². The van der Waals surface area contributed by atoms with E-state index in [0.717, 1.165) is 24.3 Å². The van der Waals surface area contributed by atoms with Crippen molar-refractivity contribution in [3.05, 3.63) is 51.6 Å². The van der Waals surface area contributed by atoms with E-state index in [4.69, 9.17) is 28.9 Å². The molecule has 9 nitrogen and oxygen atoms in total. The Bertz CT molecular complexity index is 1110. The maximum atomic E-state index is 12.8. The number of nitrogens with zero attached hydrogens (tertiary/aromatic N) is 3. The Morgan fingerprint density at radius 3 is 2.33 bits per heavy atom. The van der Waals surface area contributed by atoms with Gasteiger partial charge in [-0.2, -0.15) is 0 Å². The van der Waals surface area contributed by atoms with E-state index in [0.29, 0.717) is 18.1 Å². The fraction of sp³-hybridized carbons (Fsp3) is 0.318. The van der Waals surface area contributed by atoms with Crippen LogP contribution in [0.15, 0.2) is 30.5 Å². The lowest BCUT2D eigenvalue weighted by molar-refractivity contribution is -0.122. The number of hydrogen-bond donors (Lipinski definition) is 2. The van der Waals surface area contributed by atoms with Gasteiger partial charge in [-0.3, -0.25) is 24.1 Å². The highest BCUT2D eigenvalue weighted by Crippen LogP contribution is 2.32. The Morgan fingerprint density at radius 2 is 1.79 bits per heavy atom. The lowest BCUT2D eigenvalue weighted by Crippen LogP contribution is -2.45. The molecule has 2 aliphatic rings. The van der Waals surface area contributed by atoms with Crippen molar-refractivity contribution >= 4 is 58.3 Å². The van der Waals surface area contributed by atoms with Crippen molar-refractivity contribution in [2.75, 3.05) is 23.3 Å². The Balaban J connectivity index is 1.44. The van der Waals surface area contributed by atoms with Crippen molar-refractivity contribution in [1.29, 1.82) is 0 Å². The average molecular weight is 490 g/mol. The molecule has 2 unspecified atom stereocenters. The van der Waals surface area contributed by atoms with Crippen molar-refractivity contribution < 1.29 is 19.2 Å². The highest BCUT2D eigenvalue weighted by Gasteiger charge is 2.41. The van der Waals surface area contributed by atoms with E-state index in [1.54, 1.807) is 12.1 Å². The molecule has 1 aromatic carbocycles. The zero-order valence-corrected chi connectivity index (χ0v) is 19.2. The predicted octanol–water partition coefficient (Wildman–Crippen LogP) is 2.71. The molecule has 1 fully saturated rings. The van der Waals surface area contributed by atoms with Crippen LogP contribution < -0.4 is 16.0 Å². The predicted molar refractivity (Wildman–Crippen MR) is 123 cm³/mol. The van der Waals surface area contributed by atoms with Crippen LogP contribution in [0.1, 0.15) is 40.5 Å². The molecule has 1 saturated heterocycles. The molecule has 4 amide bonds. The fourth-order valence-electron chi connectivity index (χ4n) is 4.03. The third kappa shape index (κ3) is 4.38. The third-order valence-corrected chi connectivity index (χ3v) is 6.61. The molecule has 1 aromatic heterocycles. The van der Waals surface area contributed by atoms with Crippen molar-refractivity contribution in [3.63, 3.8) is 0 Å². The number of primary amides is 1. The van der Waals surface area contributed by atoms with Crippen LogP contribution >= 0.6 is 23.2 Å². The molecule has 33 heavy (non-hydrogen) atoms. The molecule has 0 bridgehead atoms. The highest BCUT2D eigenvalue weighted by molar-refractivity contribution is 6.43. The molecule has 0 saturated carbocycles. The number of amides is 4. The van der Waals surface area contributed by atoms with E-state index in [9.17, 15) is 19.2 Å². The number of rotatable bonds is 5. The Labute approximate surface area is 199 Å². The molecule has 2 atom stereocenters. The number of carbonyl (C=O) groups excluding carboxylic acids is 4. The number of imide groups is 1. The summed E-state index contributed by atoms with van der Waals surface area (Å²) in [6.07, 6.45) is 3.08. The number of pyridine rings is 1. The first kappa shape index (κ1) is 23.0. The molecule has 172 valence electrons. The SMILES string of the molecule is CC(C(=O)Nc1ccc(N2CCCC(C(N)=O)C2)nc1)N1C(=O)c2cc(Cl)c(Cl)cc2C1=O. The zero-order valence-electron chi connectivity index (χ0n) is 17.7. The summed E-state index contributed by atoms with van der Waals surface area (Å²) in [7, 11) is 0. The maximum Gasteiger partial charge on any atom is 0.262 e. The lowest BCUT2D eigenvalue weighted by Gasteiger charge is -2.32. The topological polar surface area (TPSA) is 126 Å². The highest BCUT2D eigenvalue weighted by atomic mass is 35.5. The summed E-state index contributed by atoms with van der Waals surface area (Å²) in [5, 5.41) is 2.98. The molecule has 2 aromatic rings. The van der Waals surface area contributed by atoms with Crippen molar-refractivity contribution in [1.82, 2.24) is 9.88 Å². The van der Waals surface area contributed by atoms with E-state index in [2.05, 4.69) is 10.3 Å². The molecular formula is C22H21Cl2N5O4. The number of piperidine rings is 1. The van der Waals surface area contributed by atoms with Gasteiger partial charge in [0, 0.05) is 13.1 Å². The Kier molecular flexibility index (Phi) is 6.27. The average Bonchev–Trinajstić information content (AvgIpc) is 3.03. The first-order valence-electron chi connectivity index (χ1n) is 10.4. The first-order valence-corrected chi connectivity index (χ1v) is 11.1. The van der Waals surface area contributed by atoms with E-state index in [1.807, 2.05) is 4.90 Å². The molecule has 3 heterocycles. The van der Waals surface area contributed by atoms with E-state index in [1.165, 1.54) is 25.3 Å². The quantitative estimate of drug-likeness (QED) is 0.621. The minimum Gasteiger partial charge on any atom is -0.369 e. The molecule has 11 heteroatoms. The number of hydrogen-bond acceptors (Lipinski definition) is 6. The van der Waals surface area contributed by atoms with Crippen LogP contribution in [0.5, 0.6) is 0 Å². The normalized spacial score (nSPS) is 18.8. The molecule has 4 rings (SSSR count). The van der Waals surface area contributed by atoms with Crippen LogP contribution in [0.3, 0.4) is 0 Å². The summed E-state index contributed by atoms with van der Waals surface area (Å²) in [6.45, 7) is 2.71. The van der Waals surface area contributed by atoms with Gasteiger partial charge in [0.1, 0.15) is 11.9 Å². The molecule has 0 aliphatic carbocycles. The Morgan fingerprint density at radius 1 is 1.15 bits per heavy atom. The van der Waals surface area contributed by atoms with Crippen LogP contribution in [0.2, 0.25) is 10.0 Å². The van der Waals surface area contributed by atoms with E-state index < -0.39 is 23.8 Å². The number of nitrogens with two attached hydrogens (primary N) is 1. The molecule has 0 spiro atoms. The van der Waals surface area contributed by atoms with Crippen LogP contribution in [0.25, 0.3) is 0 Å². The Hall–Kier alpha value is -3.17. The van der Waals surface area contributed by atoms with Gasteiger partial charge < -0.3 is 16.0 Å². The number of halogens is 2. The minimum atomic E-state index is -1.08. The van der Waals surface area contributed by atoms with Crippen molar-refractivity contribution in [2.24, 2.45) is 11.7 Å². The van der Waals surface area contributed by atoms with Gasteiger partial charge in [0.25, 0.3) is 11.8 Å². The van der Waals surface area contributed by atoms with Gasteiger partial charge in [-0.1, -0.05) is 23.2 Å². The molecule has 0 radical (unpaired) electrons. The number of aromatic nitrogens is 1. The number of fused-ring (bicyclic) bond motifs is 1. The first-order chi connectivity index (χ1) is 15.7. The number of anilines is 2. The smallest absolute Gasteiger partial charge is 0.262 e. The third-order valence-electron chi connectivity index (χ3n) is 5.89. The summed E-state index contributed by atoms with van der Waals surface area (Å²) in [5.41, 5.74) is 6.05. The van der Waals surface area contributed by atoms with Gasteiger partial charge >= 0.3 is 0 Å². The minimum absolute atomic E-state index is 0.107. The van der Waals surface area contributed by atoms with Crippen LogP contribution in [-0.4, -0.2) is 52.6 Å². The summed E-state index contributed by atoms with van der Waals surface area (Å²) in [6, 6.07) is 4.98. The van der Waals surface area contributed by atoms with Crippen molar-refractivity contribution in [3.8, 4) is 0 Å². The summed E-state index contributed by atoms with van der Waals surface area (Å²) in [5.74, 6) is -1.65. The van der Waals surface area contributed by atoms with Gasteiger partial charge in [0.2, 0.25) is 11.8 Å². The zero-order chi connectivity index (χ0) is 23.9. The second-order valence-corrected chi connectivity index (χ2v) is 8.86. The van der Waals surface area contributed by atoms with Crippen LogP contribution in [0, 0.1) is 5.92 Å². The van der Waals surface area contributed by atoms with Gasteiger partial charge in [-0.05, 0) is 44.0 Å². The van der Waals surface area contributed by atoms with Gasteiger partial charge in [0.15, 0.2) is 0 Å². The van der Waals surface area contributed by atoms with E-state index >= 15 is 0 Å². The summed E-state index contributed by atoms with van der Waals surface area (Å²) in [4.78, 5) is 57.0. The maximum absolute atomic E-state index is 12.8. The number of carbonyl (C=O) groups is 4. The molecule has 3 N–H and O–H groups in total. The second-order valence-electron chi connectivity index (χ2n) is 8.05.